The third-order valence-corrected chi connectivity index (χ3v) is 4.53. The standard InChI is InChI=1S/C21H16O6/c1-21(2)6-5-13-16(27-21)8-17-18(19(13)24)20(25)14(10-26-17)11-3-4-15(23)12(7-11)9-22/h3-10,23-24H,1-2H3. The van der Waals surface area contributed by atoms with Crippen LogP contribution in [0, 0.1) is 0 Å². The number of rotatable bonds is 2. The highest BCUT2D eigenvalue weighted by Crippen LogP contribution is 2.41. The number of ether oxygens (including phenoxy) is 1. The van der Waals surface area contributed by atoms with Crippen molar-refractivity contribution < 1.29 is 24.2 Å². The number of phenols is 2. The number of carbonyl (C=O) groups is 1. The summed E-state index contributed by atoms with van der Waals surface area (Å²) < 4.78 is 11.4. The molecule has 6 heteroatoms. The maximum atomic E-state index is 13.0. The molecule has 6 nitrogen and oxygen atoms in total. The number of phenolic OH excluding ortho intramolecular Hbond substituents is 2. The molecular formula is C21H16O6. The van der Waals surface area contributed by atoms with E-state index in [4.69, 9.17) is 9.15 Å². The van der Waals surface area contributed by atoms with Crippen LogP contribution in [0.4, 0.5) is 0 Å². The molecule has 27 heavy (non-hydrogen) atoms. The lowest BCUT2D eigenvalue weighted by atomic mass is 9.98. The van der Waals surface area contributed by atoms with E-state index in [1.54, 1.807) is 18.2 Å². The zero-order valence-corrected chi connectivity index (χ0v) is 14.6. The van der Waals surface area contributed by atoms with Gasteiger partial charge in [0.2, 0.25) is 5.43 Å². The SMILES string of the molecule is CC1(C)C=Cc2c(cc3occ(-c4ccc(O)c(C=O)c4)c(=O)c3c2O)O1. The molecule has 2 heterocycles. The summed E-state index contributed by atoms with van der Waals surface area (Å²) in [5, 5.41) is 20.4. The van der Waals surface area contributed by atoms with E-state index in [0.717, 1.165) is 0 Å². The maximum Gasteiger partial charge on any atom is 0.204 e. The van der Waals surface area contributed by atoms with Crippen LogP contribution in [0.25, 0.3) is 28.2 Å². The fourth-order valence-corrected chi connectivity index (χ4v) is 3.12. The molecule has 0 radical (unpaired) electrons. The predicted octanol–water partition coefficient (Wildman–Crippen LogP) is 3.87. The third-order valence-electron chi connectivity index (χ3n) is 4.53. The fraction of sp³-hybridized carbons (Fsp3) is 0.143. The fourth-order valence-electron chi connectivity index (χ4n) is 3.12. The second-order valence-corrected chi connectivity index (χ2v) is 6.92. The van der Waals surface area contributed by atoms with Crippen LogP contribution in [0.15, 0.2) is 45.8 Å². The summed E-state index contributed by atoms with van der Waals surface area (Å²) in [5.74, 6) is 0.0243. The second kappa shape index (κ2) is 5.74. The minimum atomic E-state index is -0.537. The Morgan fingerprint density at radius 1 is 1.15 bits per heavy atom. The average Bonchev–Trinajstić information content (AvgIpc) is 2.61. The molecule has 0 bridgehead atoms. The molecule has 0 spiro atoms. The molecule has 2 N–H and O–H groups in total. The molecule has 0 unspecified atom stereocenters. The molecule has 1 aromatic heterocycles. The van der Waals surface area contributed by atoms with E-state index in [2.05, 4.69) is 0 Å². The van der Waals surface area contributed by atoms with Gasteiger partial charge in [0.1, 0.15) is 40.1 Å². The van der Waals surface area contributed by atoms with Crippen molar-refractivity contribution in [2.75, 3.05) is 0 Å². The summed E-state index contributed by atoms with van der Waals surface area (Å²) in [6.45, 7) is 3.75. The van der Waals surface area contributed by atoms with Gasteiger partial charge in [-0.15, -0.1) is 0 Å². The summed E-state index contributed by atoms with van der Waals surface area (Å²) in [6, 6.07) is 5.80. The summed E-state index contributed by atoms with van der Waals surface area (Å²) in [5.41, 5.74) is 0.242. The van der Waals surface area contributed by atoms with Crippen molar-refractivity contribution in [1.29, 1.82) is 0 Å². The highest BCUT2D eigenvalue weighted by molar-refractivity contribution is 5.93. The molecule has 136 valence electrons. The summed E-state index contributed by atoms with van der Waals surface area (Å²) >= 11 is 0. The molecule has 1 aliphatic rings. The van der Waals surface area contributed by atoms with Crippen LogP contribution >= 0.6 is 0 Å². The molecular weight excluding hydrogens is 348 g/mol. The molecule has 0 aliphatic carbocycles. The van der Waals surface area contributed by atoms with E-state index < -0.39 is 11.0 Å². The quantitative estimate of drug-likeness (QED) is 0.670. The van der Waals surface area contributed by atoms with Crippen molar-refractivity contribution in [2.24, 2.45) is 0 Å². The summed E-state index contributed by atoms with van der Waals surface area (Å²) in [7, 11) is 0. The largest absolute Gasteiger partial charge is 0.507 e. The highest BCUT2D eigenvalue weighted by atomic mass is 16.5. The number of benzene rings is 2. The minimum Gasteiger partial charge on any atom is -0.507 e. The van der Waals surface area contributed by atoms with Gasteiger partial charge < -0.3 is 19.4 Å². The van der Waals surface area contributed by atoms with Crippen molar-refractivity contribution in [2.45, 2.75) is 19.4 Å². The van der Waals surface area contributed by atoms with Crippen molar-refractivity contribution in [3.63, 3.8) is 0 Å². The first-order chi connectivity index (χ1) is 12.8. The first-order valence-corrected chi connectivity index (χ1v) is 8.29. The lowest BCUT2D eigenvalue weighted by molar-refractivity contribution is 0.112. The van der Waals surface area contributed by atoms with E-state index in [1.807, 2.05) is 13.8 Å². The van der Waals surface area contributed by atoms with Crippen LogP contribution in [-0.4, -0.2) is 22.1 Å². The van der Waals surface area contributed by atoms with Crippen LogP contribution < -0.4 is 10.2 Å². The number of aromatic hydroxyl groups is 2. The summed E-state index contributed by atoms with van der Waals surface area (Å²) in [4.78, 5) is 24.1. The maximum absolute atomic E-state index is 13.0. The average molecular weight is 364 g/mol. The van der Waals surface area contributed by atoms with Gasteiger partial charge in [0, 0.05) is 6.07 Å². The highest BCUT2D eigenvalue weighted by Gasteiger charge is 2.26. The van der Waals surface area contributed by atoms with Gasteiger partial charge in [-0.25, -0.2) is 0 Å². The van der Waals surface area contributed by atoms with E-state index in [0.29, 0.717) is 23.2 Å². The molecule has 4 rings (SSSR count). The van der Waals surface area contributed by atoms with Crippen molar-refractivity contribution in [3.05, 3.63) is 58.0 Å². The molecule has 1 aliphatic heterocycles. The van der Waals surface area contributed by atoms with Gasteiger partial charge in [0.15, 0.2) is 6.29 Å². The van der Waals surface area contributed by atoms with Crippen LogP contribution in [0.5, 0.6) is 17.2 Å². The number of hydrogen-bond donors (Lipinski definition) is 2. The Kier molecular flexibility index (Phi) is 3.59. The van der Waals surface area contributed by atoms with Gasteiger partial charge in [-0.3, -0.25) is 9.59 Å². The van der Waals surface area contributed by atoms with Crippen LogP contribution in [0.3, 0.4) is 0 Å². The Bertz CT molecular complexity index is 1180. The number of carbonyl (C=O) groups excluding carboxylic acids is 1. The molecule has 0 atom stereocenters. The number of hydrogen-bond acceptors (Lipinski definition) is 6. The Hall–Kier alpha value is -3.54. The lowest BCUT2D eigenvalue weighted by Gasteiger charge is -2.28. The van der Waals surface area contributed by atoms with Crippen molar-refractivity contribution in [1.82, 2.24) is 0 Å². The second-order valence-electron chi connectivity index (χ2n) is 6.92. The van der Waals surface area contributed by atoms with E-state index in [9.17, 15) is 19.8 Å². The van der Waals surface area contributed by atoms with Crippen molar-refractivity contribution >= 4 is 23.3 Å². The molecule has 0 fully saturated rings. The Balaban J connectivity index is 1.97. The zero-order chi connectivity index (χ0) is 19.3. The van der Waals surface area contributed by atoms with E-state index >= 15 is 0 Å². The van der Waals surface area contributed by atoms with Crippen LogP contribution in [0.1, 0.15) is 29.8 Å². The van der Waals surface area contributed by atoms with Crippen molar-refractivity contribution in [3.8, 4) is 28.4 Å². The normalized spacial score (nSPS) is 14.6. The Morgan fingerprint density at radius 2 is 1.93 bits per heavy atom. The van der Waals surface area contributed by atoms with E-state index in [-0.39, 0.29) is 33.6 Å². The third kappa shape index (κ3) is 2.66. The first-order valence-electron chi connectivity index (χ1n) is 8.29. The Labute approximate surface area is 153 Å². The first kappa shape index (κ1) is 16.9. The zero-order valence-electron chi connectivity index (χ0n) is 14.6. The van der Waals surface area contributed by atoms with Gasteiger partial charge in [-0.1, -0.05) is 6.07 Å². The van der Waals surface area contributed by atoms with Gasteiger partial charge in [-0.05, 0) is 43.7 Å². The van der Waals surface area contributed by atoms with Crippen LogP contribution in [-0.2, 0) is 0 Å². The molecule has 0 saturated carbocycles. The smallest absolute Gasteiger partial charge is 0.204 e. The van der Waals surface area contributed by atoms with Gasteiger partial charge in [-0.2, -0.15) is 0 Å². The van der Waals surface area contributed by atoms with Crippen LogP contribution in [0.2, 0.25) is 0 Å². The number of fused-ring (bicyclic) bond motifs is 2. The molecule has 0 amide bonds. The van der Waals surface area contributed by atoms with Gasteiger partial charge >= 0.3 is 0 Å². The minimum absolute atomic E-state index is 0.0277. The topological polar surface area (TPSA) is 97.0 Å². The molecule has 2 aromatic carbocycles. The van der Waals surface area contributed by atoms with Gasteiger partial charge in [0.05, 0.1) is 16.7 Å². The lowest BCUT2D eigenvalue weighted by Crippen LogP contribution is -2.27. The molecule has 0 saturated heterocycles. The van der Waals surface area contributed by atoms with E-state index in [1.165, 1.54) is 24.5 Å². The molecule has 3 aromatic rings. The number of aldehydes is 1. The van der Waals surface area contributed by atoms with Gasteiger partial charge in [0.25, 0.3) is 0 Å². The monoisotopic (exact) mass is 364 g/mol. The predicted molar refractivity (Wildman–Crippen MR) is 100 cm³/mol. The summed E-state index contributed by atoms with van der Waals surface area (Å²) in [6.07, 6.45) is 5.27. The Morgan fingerprint density at radius 3 is 2.67 bits per heavy atom.